The molecule has 0 saturated carbocycles. The van der Waals surface area contributed by atoms with E-state index in [1.54, 1.807) is 18.7 Å². The van der Waals surface area contributed by atoms with E-state index in [1.165, 1.54) is 13.8 Å². The molecular weight excluding hydrogens is 218 g/mol. The van der Waals surface area contributed by atoms with Crippen LogP contribution in [0.25, 0.3) is 0 Å². The molecule has 0 spiro atoms. The molecule has 0 atom stereocenters. The largest absolute Gasteiger partial charge is 0.512 e. The maximum absolute atomic E-state index is 11.4. The molecule has 5 nitrogen and oxygen atoms in total. The minimum atomic E-state index is -0.204. The molecule has 92 valence electrons. The Morgan fingerprint density at radius 1 is 1.41 bits per heavy atom. The Hall–Kier alpha value is -1.91. The molecule has 17 heavy (non-hydrogen) atoms. The van der Waals surface area contributed by atoms with Gasteiger partial charge in [-0.1, -0.05) is 0 Å². The first-order valence-corrected chi connectivity index (χ1v) is 5.30. The Morgan fingerprint density at radius 2 is 2.00 bits per heavy atom. The van der Waals surface area contributed by atoms with Gasteiger partial charge in [0.15, 0.2) is 11.6 Å². The van der Waals surface area contributed by atoms with E-state index in [2.05, 4.69) is 10.1 Å². The van der Waals surface area contributed by atoms with Crippen molar-refractivity contribution in [3.8, 4) is 0 Å². The van der Waals surface area contributed by atoms with Crippen LogP contribution in [0.3, 0.4) is 0 Å². The van der Waals surface area contributed by atoms with Gasteiger partial charge in [-0.05, 0) is 27.7 Å². The first-order chi connectivity index (χ1) is 7.82. The molecule has 0 aromatic carbocycles. The van der Waals surface area contributed by atoms with Gasteiger partial charge in [0.05, 0.1) is 17.0 Å². The zero-order valence-electron chi connectivity index (χ0n) is 10.8. The third-order valence-electron chi connectivity index (χ3n) is 2.34. The monoisotopic (exact) mass is 235 g/mol. The molecule has 0 aliphatic carbocycles. The number of allylic oxidation sites excluding steroid dienone is 2. The van der Waals surface area contributed by atoms with E-state index in [4.69, 9.17) is 0 Å². The lowest BCUT2D eigenvalue weighted by molar-refractivity contribution is -0.113. The number of hydrogen-bond donors (Lipinski definition) is 1. The summed E-state index contributed by atoms with van der Waals surface area (Å²) in [5.74, 6) is 0.433. The fourth-order valence-corrected chi connectivity index (χ4v) is 1.70. The van der Waals surface area contributed by atoms with Crippen LogP contribution in [0.2, 0.25) is 0 Å². The van der Waals surface area contributed by atoms with Gasteiger partial charge in [0, 0.05) is 13.1 Å². The molecule has 0 aliphatic heterocycles. The summed E-state index contributed by atoms with van der Waals surface area (Å²) < 4.78 is 1.63. The summed E-state index contributed by atoms with van der Waals surface area (Å²) in [4.78, 5) is 15.7. The fraction of sp³-hybridized carbons (Fsp3) is 0.417. The Kier molecular flexibility index (Phi) is 3.83. The molecule has 5 heteroatoms. The normalized spacial score (nSPS) is 13.6. The zero-order chi connectivity index (χ0) is 13.2. The van der Waals surface area contributed by atoms with Gasteiger partial charge in [-0.3, -0.25) is 9.48 Å². The highest BCUT2D eigenvalue weighted by molar-refractivity contribution is 6.21. The summed E-state index contributed by atoms with van der Waals surface area (Å²) in [5, 5.41) is 13.6. The first kappa shape index (κ1) is 13.2. The van der Waals surface area contributed by atoms with Gasteiger partial charge >= 0.3 is 0 Å². The predicted molar refractivity (Wildman–Crippen MR) is 66.7 cm³/mol. The highest BCUT2D eigenvalue weighted by Gasteiger charge is 2.12. The van der Waals surface area contributed by atoms with E-state index >= 15 is 0 Å². The number of aliphatic imine (C=N–C) groups is 1. The number of rotatable bonds is 3. The highest BCUT2D eigenvalue weighted by Crippen LogP contribution is 2.15. The van der Waals surface area contributed by atoms with Crippen molar-refractivity contribution >= 4 is 17.3 Å². The van der Waals surface area contributed by atoms with E-state index in [-0.39, 0.29) is 17.1 Å². The third-order valence-corrected chi connectivity index (χ3v) is 2.34. The Balaban J connectivity index is 3.21. The van der Waals surface area contributed by atoms with Gasteiger partial charge in [-0.25, -0.2) is 4.99 Å². The van der Waals surface area contributed by atoms with E-state index in [0.717, 1.165) is 5.69 Å². The number of carbonyl (C=O) groups excluding carboxylic acids is 1. The molecule has 1 N–H and O–H groups in total. The van der Waals surface area contributed by atoms with Crippen molar-refractivity contribution in [1.29, 1.82) is 0 Å². The van der Waals surface area contributed by atoms with Crippen LogP contribution in [-0.4, -0.2) is 26.4 Å². The fourth-order valence-electron chi connectivity index (χ4n) is 1.70. The number of ketones is 1. The van der Waals surface area contributed by atoms with Gasteiger partial charge in [0.25, 0.3) is 0 Å². The van der Waals surface area contributed by atoms with E-state index < -0.39 is 0 Å². The van der Waals surface area contributed by atoms with Crippen molar-refractivity contribution in [2.75, 3.05) is 0 Å². The van der Waals surface area contributed by atoms with Gasteiger partial charge < -0.3 is 5.11 Å². The molecule has 0 aliphatic rings. The van der Waals surface area contributed by atoms with Crippen LogP contribution >= 0.6 is 0 Å². The van der Waals surface area contributed by atoms with Gasteiger partial charge in [-0.2, -0.15) is 5.10 Å². The summed E-state index contributed by atoms with van der Waals surface area (Å²) in [7, 11) is 1.78. The molecule has 0 unspecified atom stereocenters. The molecular formula is C12H17N3O2. The Morgan fingerprint density at radius 3 is 2.35 bits per heavy atom. The lowest BCUT2D eigenvalue weighted by atomic mass is 10.1. The number of hydrogen-bond acceptors (Lipinski definition) is 4. The van der Waals surface area contributed by atoms with Crippen LogP contribution in [0.5, 0.6) is 0 Å². The predicted octanol–water partition coefficient (Wildman–Crippen LogP) is 2.24. The number of aliphatic hydroxyl groups is 1. The Bertz CT molecular complexity index is 506. The lowest BCUT2D eigenvalue weighted by Gasteiger charge is -2.04. The summed E-state index contributed by atoms with van der Waals surface area (Å²) in [6, 6.07) is 1.81. The summed E-state index contributed by atoms with van der Waals surface area (Å²) in [5.41, 5.74) is 1.59. The lowest BCUT2D eigenvalue weighted by Crippen LogP contribution is -2.09. The van der Waals surface area contributed by atoms with E-state index in [0.29, 0.717) is 11.5 Å². The summed E-state index contributed by atoms with van der Waals surface area (Å²) in [6.07, 6.45) is 0. The van der Waals surface area contributed by atoms with E-state index in [9.17, 15) is 9.90 Å². The average molecular weight is 235 g/mol. The number of carbonyl (C=O) groups is 1. The van der Waals surface area contributed by atoms with Crippen molar-refractivity contribution in [2.45, 2.75) is 27.7 Å². The van der Waals surface area contributed by atoms with Crippen LogP contribution in [0.4, 0.5) is 5.82 Å². The van der Waals surface area contributed by atoms with Crippen molar-refractivity contribution in [3.63, 3.8) is 0 Å². The topological polar surface area (TPSA) is 67.5 Å². The SMILES string of the molecule is CC(=O)C(/C(C)=N/c1cc(C)nn1C)=C(\C)O. The molecule has 1 aromatic rings. The maximum Gasteiger partial charge on any atom is 0.164 e. The molecule has 1 rings (SSSR count). The molecule has 0 radical (unpaired) electrons. The zero-order valence-corrected chi connectivity index (χ0v) is 10.8. The number of aromatic nitrogens is 2. The number of aryl methyl sites for hydroxylation is 2. The summed E-state index contributed by atoms with van der Waals surface area (Å²) in [6.45, 7) is 6.44. The second kappa shape index (κ2) is 4.95. The smallest absolute Gasteiger partial charge is 0.164 e. The molecule has 0 fully saturated rings. The van der Waals surface area contributed by atoms with Crippen LogP contribution < -0.4 is 0 Å². The number of Topliss-reactive ketones (excluding diaryl/α,β-unsaturated/α-hetero) is 1. The summed E-state index contributed by atoms with van der Waals surface area (Å²) >= 11 is 0. The molecule has 0 amide bonds. The maximum atomic E-state index is 11.4. The second-order valence-corrected chi connectivity index (χ2v) is 3.98. The van der Waals surface area contributed by atoms with Crippen LogP contribution in [0.1, 0.15) is 26.5 Å². The first-order valence-electron chi connectivity index (χ1n) is 5.30. The van der Waals surface area contributed by atoms with Gasteiger partial charge in [0.1, 0.15) is 5.76 Å². The number of aliphatic hydroxyl groups excluding tert-OH is 1. The molecule has 0 bridgehead atoms. The van der Waals surface area contributed by atoms with Gasteiger partial charge in [-0.15, -0.1) is 0 Å². The highest BCUT2D eigenvalue weighted by atomic mass is 16.3. The second-order valence-electron chi connectivity index (χ2n) is 3.98. The van der Waals surface area contributed by atoms with Crippen molar-refractivity contribution in [3.05, 3.63) is 23.1 Å². The standard InChI is InChI=1S/C12H17N3O2/c1-7-6-11(15(5)14-7)13-8(2)12(9(3)16)10(4)17/h6,16H,1-5H3/b12-9+,13-8+. The molecule has 0 saturated heterocycles. The average Bonchev–Trinajstić information content (AvgIpc) is 2.43. The van der Waals surface area contributed by atoms with Crippen LogP contribution in [0.15, 0.2) is 22.4 Å². The van der Waals surface area contributed by atoms with Crippen molar-refractivity contribution in [2.24, 2.45) is 12.0 Å². The molecule has 1 heterocycles. The van der Waals surface area contributed by atoms with Gasteiger partial charge in [0.2, 0.25) is 0 Å². The third kappa shape index (κ3) is 3.03. The van der Waals surface area contributed by atoms with Crippen molar-refractivity contribution < 1.29 is 9.90 Å². The molecule has 1 aromatic heterocycles. The quantitative estimate of drug-likeness (QED) is 0.496. The minimum Gasteiger partial charge on any atom is -0.512 e. The van der Waals surface area contributed by atoms with E-state index in [1.807, 2.05) is 13.0 Å². The number of nitrogens with zero attached hydrogens (tertiary/aromatic N) is 3. The van der Waals surface area contributed by atoms with Crippen molar-refractivity contribution in [1.82, 2.24) is 9.78 Å². The Labute approximate surface area is 100 Å². The van der Waals surface area contributed by atoms with Crippen LogP contribution in [0, 0.1) is 6.92 Å². The minimum absolute atomic E-state index is 0.0161. The van der Waals surface area contributed by atoms with Crippen LogP contribution in [-0.2, 0) is 11.8 Å².